The van der Waals surface area contributed by atoms with Crippen LogP contribution >= 0.6 is 34.4 Å². The number of amides is 1. The van der Waals surface area contributed by atoms with E-state index in [2.05, 4.69) is 21.6 Å². The van der Waals surface area contributed by atoms with Gasteiger partial charge in [0.25, 0.3) is 0 Å². The van der Waals surface area contributed by atoms with Crippen molar-refractivity contribution in [3.05, 3.63) is 16.0 Å². The summed E-state index contributed by atoms with van der Waals surface area (Å²) in [6.07, 6.45) is 5.41. The molecule has 23 heavy (non-hydrogen) atoms. The van der Waals surface area contributed by atoms with Crippen molar-refractivity contribution in [3.8, 4) is 6.07 Å². The fourth-order valence-electron chi connectivity index (χ4n) is 2.52. The van der Waals surface area contributed by atoms with E-state index in [4.69, 9.17) is 5.73 Å². The summed E-state index contributed by atoms with van der Waals surface area (Å²) in [7, 11) is 0. The van der Waals surface area contributed by atoms with E-state index >= 15 is 0 Å². The van der Waals surface area contributed by atoms with E-state index in [-0.39, 0.29) is 11.7 Å². The number of aromatic nitrogens is 2. The summed E-state index contributed by atoms with van der Waals surface area (Å²) >= 11 is 4.10. The smallest absolute Gasteiger partial charge is 0.235 e. The molecule has 6 nitrogen and oxygen atoms in total. The monoisotopic (exact) mass is 365 g/mol. The largest absolute Gasteiger partial charge is 0.374 e. The van der Waals surface area contributed by atoms with Crippen LogP contribution in [-0.2, 0) is 17.6 Å². The molecule has 0 fully saturated rings. The Balaban J connectivity index is 1.67. The minimum absolute atomic E-state index is 0.142. The van der Waals surface area contributed by atoms with Gasteiger partial charge in [0, 0.05) is 4.88 Å². The van der Waals surface area contributed by atoms with Gasteiger partial charge in [0.2, 0.25) is 11.0 Å². The van der Waals surface area contributed by atoms with Gasteiger partial charge in [0.05, 0.1) is 11.3 Å². The van der Waals surface area contributed by atoms with Gasteiger partial charge in [-0.05, 0) is 31.2 Å². The molecule has 1 aliphatic rings. The molecule has 3 rings (SSSR count). The zero-order valence-corrected chi connectivity index (χ0v) is 14.7. The number of carbonyl (C=O) groups is 1. The number of rotatable bonds is 4. The number of hydrogen-bond acceptors (Lipinski definition) is 8. The maximum atomic E-state index is 12.1. The lowest BCUT2D eigenvalue weighted by atomic mass is 10.1. The van der Waals surface area contributed by atoms with Gasteiger partial charge in [-0.2, -0.15) is 5.26 Å². The predicted molar refractivity (Wildman–Crippen MR) is 94.0 cm³/mol. The molecular formula is C14H15N5OS3. The van der Waals surface area contributed by atoms with Crippen LogP contribution in [0.15, 0.2) is 4.34 Å². The lowest BCUT2D eigenvalue weighted by Crippen LogP contribution is -2.13. The third-order valence-corrected chi connectivity index (χ3v) is 6.63. The molecular weight excluding hydrogens is 350 g/mol. The molecule has 120 valence electrons. The molecule has 0 aliphatic heterocycles. The molecule has 2 aromatic rings. The fourth-order valence-corrected chi connectivity index (χ4v) is 5.21. The van der Waals surface area contributed by atoms with Crippen LogP contribution in [0.3, 0.4) is 0 Å². The van der Waals surface area contributed by atoms with Gasteiger partial charge in [-0.1, -0.05) is 29.5 Å². The van der Waals surface area contributed by atoms with Crippen molar-refractivity contribution in [2.45, 2.75) is 36.4 Å². The Morgan fingerprint density at radius 2 is 2.13 bits per heavy atom. The molecule has 0 unspecified atom stereocenters. The minimum atomic E-state index is -0.142. The average molecular weight is 366 g/mol. The van der Waals surface area contributed by atoms with Crippen LogP contribution < -0.4 is 11.1 Å². The van der Waals surface area contributed by atoms with Crippen molar-refractivity contribution in [3.63, 3.8) is 0 Å². The summed E-state index contributed by atoms with van der Waals surface area (Å²) in [5, 5.41) is 21.0. The van der Waals surface area contributed by atoms with Crippen LogP contribution in [0.4, 0.5) is 10.1 Å². The Labute approximate surface area is 146 Å². The Morgan fingerprint density at radius 3 is 2.87 bits per heavy atom. The second-order valence-electron chi connectivity index (χ2n) is 5.12. The quantitative estimate of drug-likeness (QED) is 0.637. The molecule has 0 atom stereocenters. The Bertz CT molecular complexity index is 761. The molecule has 0 saturated heterocycles. The molecule has 0 saturated carbocycles. The van der Waals surface area contributed by atoms with Crippen molar-refractivity contribution < 1.29 is 4.79 Å². The zero-order chi connectivity index (χ0) is 16.2. The number of nitrogens with zero attached hydrogens (tertiary/aromatic N) is 3. The van der Waals surface area contributed by atoms with Crippen molar-refractivity contribution in [2.24, 2.45) is 0 Å². The number of fused-ring (bicyclic) bond motifs is 1. The molecule has 2 heterocycles. The normalized spacial score (nSPS) is 13.9. The Hall–Kier alpha value is -1.63. The first-order valence-electron chi connectivity index (χ1n) is 7.23. The van der Waals surface area contributed by atoms with E-state index in [0.29, 0.717) is 20.0 Å². The summed E-state index contributed by atoms with van der Waals surface area (Å²) in [5.41, 5.74) is 7.29. The highest BCUT2D eigenvalue weighted by molar-refractivity contribution is 8.01. The first-order chi connectivity index (χ1) is 11.2. The van der Waals surface area contributed by atoms with Crippen LogP contribution in [0.25, 0.3) is 0 Å². The summed E-state index contributed by atoms with van der Waals surface area (Å²) in [6.45, 7) is 0. The molecule has 0 aromatic carbocycles. The molecule has 0 bridgehead atoms. The van der Waals surface area contributed by atoms with Gasteiger partial charge >= 0.3 is 0 Å². The van der Waals surface area contributed by atoms with E-state index in [1.165, 1.54) is 34.4 Å². The van der Waals surface area contributed by atoms with Crippen LogP contribution in [-0.4, -0.2) is 21.9 Å². The highest BCUT2D eigenvalue weighted by atomic mass is 32.2. The third-order valence-electron chi connectivity index (χ3n) is 3.53. The van der Waals surface area contributed by atoms with Gasteiger partial charge in [-0.3, -0.25) is 4.79 Å². The number of thioether (sulfide) groups is 1. The maximum absolute atomic E-state index is 12.1. The maximum Gasteiger partial charge on any atom is 0.235 e. The van der Waals surface area contributed by atoms with Crippen molar-refractivity contribution in [1.29, 1.82) is 5.26 Å². The van der Waals surface area contributed by atoms with Crippen LogP contribution in [0, 0.1) is 11.3 Å². The van der Waals surface area contributed by atoms with Gasteiger partial charge in [-0.25, -0.2) is 0 Å². The molecule has 1 aliphatic carbocycles. The highest BCUT2D eigenvalue weighted by Crippen LogP contribution is 2.37. The number of aryl methyl sites for hydroxylation is 1. The van der Waals surface area contributed by atoms with Gasteiger partial charge in [0.1, 0.15) is 11.1 Å². The van der Waals surface area contributed by atoms with Crippen molar-refractivity contribution >= 4 is 50.5 Å². The number of nitrogens with one attached hydrogen (secondary N) is 1. The number of carbonyl (C=O) groups excluding carboxylic acids is 1. The lowest BCUT2D eigenvalue weighted by molar-refractivity contribution is -0.113. The number of nitrogens with two attached hydrogens (primary N) is 1. The van der Waals surface area contributed by atoms with E-state index in [1.807, 2.05) is 0 Å². The van der Waals surface area contributed by atoms with E-state index in [1.54, 1.807) is 11.3 Å². The number of hydrogen-bond donors (Lipinski definition) is 2. The molecule has 2 aromatic heterocycles. The number of anilines is 2. The van der Waals surface area contributed by atoms with Crippen LogP contribution in [0.2, 0.25) is 0 Å². The SMILES string of the molecule is N#Cc1c(NC(=O)CSc2nnc(N)s2)sc2c1CCCCC2. The zero-order valence-electron chi connectivity index (χ0n) is 12.3. The lowest BCUT2D eigenvalue weighted by Gasteiger charge is -2.02. The number of nitriles is 1. The second-order valence-corrected chi connectivity index (χ2v) is 8.46. The summed E-state index contributed by atoms with van der Waals surface area (Å²) in [5.74, 6) is 0.0823. The topological polar surface area (TPSA) is 105 Å². The molecule has 3 N–H and O–H groups in total. The summed E-state index contributed by atoms with van der Waals surface area (Å²) < 4.78 is 0.667. The van der Waals surface area contributed by atoms with Gasteiger partial charge in [-0.15, -0.1) is 21.5 Å². The minimum Gasteiger partial charge on any atom is -0.374 e. The van der Waals surface area contributed by atoms with Gasteiger partial charge < -0.3 is 11.1 Å². The number of nitrogen functional groups attached to an aromatic ring is 1. The number of thiophene rings is 1. The van der Waals surface area contributed by atoms with E-state index < -0.39 is 0 Å². The molecule has 1 amide bonds. The molecule has 0 spiro atoms. The van der Waals surface area contributed by atoms with E-state index in [9.17, 15) is 10.1 Å². The standard InChI is InChI=1S/C14H15N5OS3/c15-6-9-8-4-2-1-3-5-10(8)22-12(9)17-11(20)7-21-14-19-18-13(16)23-14/h1-5,7H2,(H2,16,18)(H,17,20). The van der Waals surface area contributed by atoms with Crippen molar-refractivity contribution in [2.75, 3.05) is 16.8 Å². The summed E-state index contributed by atoms with van der Waals surface area (Å²) in [6, 6.07) is 2.27. The first kappa shape index (κ1) is 16.2. The summed E-state index contributed by atoms with van der Waals surface area (Å²) in [4.78, 5) is 13.4. The predicted octanol–water partition coefficient (Wildman–Crippen LogP) is 3.05. The van der Waals surface area contributed by atoms with Crippen LogP contribution in [0.1, 0.15) is 35.3 Å². The second kappa shape index (κ2) is 7.29. The first-order valence-corrected chi connectivity index (χ1v) is 9.85. The van der Waals surface area contributed by atoms with Gasteiger partial charge in [0.15, 0.2) is 4.34 Å². The third kappa shape index (κ3) is 3.83. The average Bonchev–Trinajstić information content (AvgIpc) is 3.01. The highest BCUT2D eigenvalue weighted by Gasteiger charge is 2.21. The van der Waals surface area contributed by atoms with Crippen LogP contribution in [0.5, 0.6) is 0 Å². The van der Waals surface area contributed by atoms with Crippen molar-refractivity contribution in [1.82, 2.24) is 10.2 Å². The Kier molecular flexibility index (Phi) is 5.15. The van der Waals surface area contributed by atoms with E-state index in [0.717, 1.165) is 31.2 Å². The Morgan fingerprint density at radius 1 is 1.30 bits per heavy atom. The fraction of sp³-hybridized carbons (Fsp3) is 0.429. The molecule has 0 radical (unpaired) electrons. The molecule has 9 heteroatoms.